The highest BCUT2D eigenvalue weighted by molar-refractivity contribution is 5.85. The second-order valence-electron chi connectivity index (χ2n) is 10.2. The Morgan fingerprint density at radius 2 is 1.45 bits per heavy atom. The topological polar surface area (TPSA) is 3.24 Å². The van der Waals surface area contributed by atoms with Crippen molar-refractivity contribution in [3.63, 3.8) is 0 Å². The van der Waals surface area contributed by atoms with E-state index >= 15 is 0 Å². The Hall–Kier alpha value is -2.54. The number of hydrogen-bond donors (Lipinski definition) is 0. The maximum Gasteiger partial charge on any atom is 0.0454 e. The van der Waals surface area contributed by atoms with Crippen LogP contribution in [-0.2, 0) is 5.41 Å². The van der Waals surface area contributed by atoms with Gasteiger partial charge in [-0.3, -0.25) is 0 Å². The molecule has 0 saturated heterocycles. The van der Waals surface area contributed by atoms with Gasteiger partial charge in [-0.05, 0) is 91.6 Å². The first-order valence-electron chi connectivity index (χ1n) is 10.9. The van der Waals surface area contributed by atoms with Gasteiger partial charge in [0.2, 0.25) is 0 Å². The normalized spacial score (nSPS) is 17.0. The molecule has 3 aromatic rings. The Morgan fingerprint density at radius 3 is 2.10 bits per heavy atom. The van der Waals surface area contributed by atoms with Gasteiger partial charge in [-0.2, -0.15) is 0 Å². The number of nitrogens with zero attached hydrogens (tertiary/aromatic N) is 1. The van der Waals surface area contributed by atoms with Gasteiger partial charge in [-0.1, -0.05) is 56.3 Å². The van der Waals surface area contributed by atoms with Crippen molar-refractivity contribution in [1.82, 2.24) is 0 Å². The van der Waals surface area contributed by atoms with Crippen LogP contribution in [0.2, 0.25) is 0 Å². The van der Waals surface area contributed by atoms with Crippen molar-refractivity contribution >= 4 is 11.4 Å². The molecule has 0 heterocycles. The molecule has 0 N–H and O–H groups in total. The maximum absolute atomic E-state index is 2.56. The molecule has 148 valence electrons. The van der Waals surface area contributed by atoms with Gasteiger partial charge in [-0.15, -0.1) is 0 Å². The molecule has 3 aromatic carbocycles. The Morgan fingerprint density at radius 1 is 0.793 bits per heavy atom. The third kappa shape index (κ3) is 2.90. The first-order valence-corrected chi connectivity index (χ1v) is 10.9. The smallest absolute Gasteiger partial charge is 0.0454 e. The fourth-order valence-corrected chi connectivity index (χ4v) is 5.13. The lowest BCUT2D eigenvalue weighted by Gasteiger charge is -2.40. The van der Waals surface area contributed by atoms with Gasteiger partial charge in [-0.25, -0.2) is 0 Å². The molecule has 0 spiro atoms. The zero-order valence-electron chi connectivity index (χ0n) is 18.3. The highest BCUT2D eigenvalue weighted by Crippen LogP contribution is 2.55. The number of anilines is 2. The molecule has 1 nitrogen and oxygen atoms in total. The predicted molar refractivity (Wildman–Crippen MR) is 124 cm³/mol. The van der Waals surface area contributed by atoms with Gasteiger partial charge in [0.15, 0.2) is 0 Å². The van der Waals surface area contributed by atoms with E-state index in [4.69, 9.17) is 0 Å². The highest BCUT2D eigenvalue weighted by atomic mass is 15.2. The van der Waals surface area contributed by atoms with Crippen LogP contribution in [0.4, 0.5) is 11.4 Å². The SMILES string of the molecule is CC1(C)c2ccccc2-c2cc(C3CC3)c(N(c3ccccc3)C(C)(C)C)cc21. The first kappa shape index (κ1) is 18.5. The molecule has 29 heavy (non-hydrogen) atoms. The third-order valence-electron chi connectivity index (χ3n) is 6.67. The minimum atomic E-state index is -0.00513. The van der Waals surface area contributed by atoms with E-state index in [1.165, 1.54) is 52.0 Å². The average Bonchev–Trinajstić information content (AvgIpc) is 3.50. The van der Waals surface area contributed by atoms with E-state index in [-0.39, 0.29) is 11.0 Å². The maximum atomic E-state index is 2.56. The molecule has 2 aliphatic carbocycles. The van der Waals surface area contributed by atoms with E-state index in [2.05, 4.69) is 106 Å². The van der Waals surface area contributed by atoms with Crippen LogP contribution in [0.25, 0.3) is 11.1 Å². The standard InChI is InChI=1S/C28H31N/c1-27(2,3)29(20-11-7-6-8-12-20)26-18-25-23(17-22(26)19-15-16-19)21-13-9-10-14-24(21)28(25,4)5/h6-14,17-19H,15-16H2,1-5H3. The fraction of sp³-hybridized carbons (Fsp3) is 0.357. The molecule has 0 aliphatic heterocycles. The van der Waals surface area contributed by atoms with Crippen molar-refractivity contribution in [1.29, 1.82) is 0 Å². The number of fused-ring (bicyclic) bond motifs is 3. The number of hydrogen-bond acceptors (Lipinski definition) is 1. The van der Waals surface area contributed by atoms with Crippen molar-refractivity contribution in [2.75, 3.05) is 4.90 Å². The van der Waals surface area contributed by atoms with Gasteiger partial charge in [0, 0.05) is 22.3 Å². The van der Waals surface area contributed by atoms with E-state index < -0.39 is 0 Å². The predicted octanol–water partition coefficient (Wildman–Crippen LogP) is 7.81. The molecule has 0 radical (unpaired) electrons. The van der Waals surface area contributed by atoms with Crippen LogP contribution < -0.4 is 4.90 Å². The van der Waals surface area contributed by atoms with Crippen molar-refractivity contribution in [3.8, 4) is 11.1 Å². The summed E-state index contributed by atoms with van der Waals surface area (Å²) in [6.45, 7) is 11.7. The molecule has 0 aromatic heterocycles. The van der Waals surface area contributed by atoms with Gasteiger partial charge < -0.3 is 4.90 Å². The van der Waals surface area contributed by atoms with Crippen LogP contribution in [0.15, 0.2) is 66.7 Å². The van der Waals surface area contributed by atoms with Crippen LogP contribution >= 0.6 is 0 Å². The second kappa shape index (κ2) is 6.23. The molecule has 0 atom stereocenters. The van der Waals surface area contributed by atoms with Gasteiger partial charge in [0.05, 0.1) is 0 Å². The quantitative estimate of drug-likeness (QED) is 0.447. The van der Waals surface area contributed by atoms with E-state index in [0.717, 1.165) is 0 Å². The van der Waals surface area contributed by atoms with Gasteiger partial charge in [0.25, 0.3) is 0 Å². The number of para-hydroxylation sites is 1. The zero-order valence-corrected chi connectivity index (χ0v) is 18.3. The van der Waals surface area contributed by atoms with E-state index in [1.807, 2.05) is 0 Å². The van der Waals surface area contributed by atoms with Gasteiger partial charge >= 0.3 is 0 Å². The van der Waals surface area contributed by atoms with Crippen LogP contribution in [0.3, 0.4) is 0 Å². The zero-order chi connectivity index (χ0) is 20.4. The average molecular weight is 382 g/mol. The third-order valence-corrected chi connectivity index (χ3v) is 6.67. The van der Waals surface area contributed by atoms with Crippen LogP contribution in [-0.4, -0.2) is 5.54 Å². The van der Waals surface area contributed by atoms with Crippen molar-refractivity contribution in [3.05, 3.63) is 83.4 Å². The fourth-order valence-electron chi connectivity index (χ4n) is 5.13. The lowest BCUT2D eigenvalue weighted by Crippen LogP contribution is -2.38. The van der Waals surface area contributed by atoms with E-state index in [9.17, 15) is 0 Å². The Bertz CT molecular complexity index is 1070. The molecule has 2 aliphatic rings. The van der Waals surface area contributed by atoms with Crippen molar-refractivity contribution in [2.24, 2.45) is 0 Å². The Labute approximate surface area is 175 Å². The molecule has 1 fully saturated rings. The molecule has 0 amide bonds. The largest absolute Gasteiger partial charge is 0.336 e. The minimum Gasteiger partial charge on any atom is -0.336 e. The number of rotatable bonds is 3. The van der Waals surface area contributed by atoms with Crippen molar-refractivity contribution in [2.45, 2.75) is 64.3 Å². The molecular formula is C28H31N. The van der Waals surface area contributed by atoms with E-state index in [1.54, 1.807) is 0 Å². The highest BCUT2D eigenvalue weighted by Gasteiger charge is 2.39. The molecular weight excluding hydrogens is 350 g/mol. The lowest BCUT2D eigenvalue weighted by molar-refractivity contribution is 0.557. The van der Waals surface area contributed by atoms with E-state index in [0.29, 0.717) is 5.92 Å². The van der Waals surface area contributed by atoms with Gasteiger partial charge in [0.1, 0.15) is 0 Å². The second-order valence-corrected chi connectivity index (χ2v) is 10.2. The van der Waals surface area contributed by atoms with Crippen LogP contribution in [0, 0.1) is 0 Å². The summed E-state index contributed by atoms with van der Waals surface area (Å²) in [6, 6.07) is 24.9. The summed E-state index contributed by atoms with van der Waals surface area (Å²) in [6.07, 6.45) is 2.62. The Balaban J connectivity index is 1.78. The minimum absolute atomic E-state index is 0.00513. The summed E-state index contributed by atoms with van der Waals surface area (Å²) in [7, 11) is 0. The summed E-state index contributed by atoms with van der Waals surface area (Å²) in [5.74, 6) is 0.694. The van der Waals surface area contributed by atoms with Crippen LogP contribution in [0.1, 0.15) is 70.1 Å². The molecule has 1 saturated carbocycles. The summed E-state index contributed by atoms with van der Waals surface area (Å²) in [4.78, 5) is 2.56. The molecule has 0 bridgehead atoms. The molecule has 0 unspecified atom stereocenters. The van der Waals surface area contributed by atoms with Crippen molar-refractivity contribution < 1.29 is 0 Å². The summed E-state index contributed by atoms with van der Waals surface area (Å²) in [5.41, 5.74) is 9.99. The summed E-state index contributed by atoms with van der Waals surface area (Å²) in [5, 5.41) is 0. The summed E-state index contributed by atoms with van der Waals surface area (Å²) >= 11 is 0. The number of benzene rings is 3. The molecule has 5 rings (SSSR count). The molecule has 1 heteroatoms. The monoisotopic (exact) mass is 381 g/mol. The Kier molecular flexibility index (Phi) is 3.97. The lowest BCUT2D eigenvalue weighted by atomic mass is 9.81. The summed E-state index contributed by atoms with van der Waals surface area (Å²) < 4.78 is 0. The first-order chi connectivity index (χ1) is 13.8. The van der Waals surface area contributed by atoms with Crippen LogP contribution in [0.5, 0.6) is 0 Å².